The number of hydrogen-bond acceptors (Lipinski definition) is 7. The van der Waals surface area contributed by atoms with Crippen LogP contribution in [0.15, 0.2) is 24.3 Å². The van der Waals surface area contributed by atoms with Gasteiger partial charge >= 0.3 is 19.8 Å². The molecule has 0 aliphatic heterocycles. The van der Waals surface area contributed by atoms with Gasteiger partial charge in [-0.3, -0.25) is 18.6 Å². The van der Waals surface area contributed by atoms with E-state index in [2.05, 4.69) is 38.2 Å². The zero-order chi connectivity index (χ0) is 47.1. The molecular formula is C54H105NO8P+. The van der Waals surface area contributed by atoms with Gasteiger partial charge in [0.1, 0.15) is 19.8 Å². The number of carbonyl (C=O) groups excluding carboxylic acids is 2. The van der Waals surface area contributed by atoms with Crippen molar-refractivity contribution in [2.45, 2.75) is 264 Å². The SMILES string of the molecule is CCC/C=C\C/C=C\CCCCCCCC(=O)OC(COC(=O)CCCCCCCCCCCCCCCCCCCCCCCCCCCCC)COP(=O)(O)OCC[N+](C)(C)C. The smallest absolute Gasteiger partial charge is 0.462 e. The van der Waals surface area contributed by atoms with E-state index in [1.165, 1.54) is 161 Å². The third-order valence-electron chi connectivity index (χ3n) is 12.0. The molecule has 0 heterocycles. The van der Waals surface area contributed by atoms with Crippen molar-refractivity contribution in [3.8, 4) is 0 Å². The van der Waals surface area contributed by atoms with Gasteiger partial charge in [-0.2, -0.15) is 0 Å². The molecule has 10 heteroatoms. The Hall–Kier alpha value is -1.51. The van der Waals surface area contributed by atoms with Gasteiger partial charge in [-0.05, 0) is 38.5 Å². The molecule has 0 saturated heterocycles. The highest BCUT2D eigenvalue weighted by Crippen LogP contribution is 2.43. The monoisotopic (exact) mass is 927 g/mol. The summed E-state index contributed by atoms with van der Waals surface area (Å²) in [6.45, 7) is 4.38. The zero-order valence-corrected chi connectivity index (χ0v) is 43.7. The third-order valence-corrected chi connectivity index (χ3v) is 12.9. The van der Waals surface area contributed by atoms with Crippen LogP contribution in [0.2, 0.25) is 0 Å². The first kappa shape index (κ1) is 62.5. The number of ether oxygens (including phenoxy) is 2. The summed E-state index contributed by atoms with van der Waals surface area (Å²) in [5, 5.41) is 0. The lowest BCUT2D eigenvalue weighted by Gasteiger charge is -2.24. The number of nitrogens with zero attached hydrogens (tertiary/aromatic N) is 1. The van der Waals surface area contributed by atoms with Crippen molar-refractivity contribution in [1.29, 1.82) is 0 Å². The van der Waals surface area contributed by atoms with Crippen molar-refractivity contribution >= 4 is 19.8 Å². The maximum atomic E-state index is 12.7. The van der Waals surface area contributed by atoms with Gasteiger partial charge in [0.15, 0.2) is 6.10 Å². The number of allylic oxidation sites excluding steroid dienone is 4. The average Bonchev–Trinajstić information content (AvgIpc) is 3.25. The number of likely N-dealkylation sites (N-methyl/N-ethyl adjacent to an activating group) is 1. The Morgan fingerprint density at radius 2 is 0.875 bits per heavy atom. The molecule has 0 spiro atoms. The summed E-state index contributed by atoms with van der Waals surface area (Å²) in [5.74, 6) is -0.803. The molecule has 0 aromatic heterocycles. The predicted octanol–water partition coefficient (Wildman–Crippen LogP) is 16.3. The fourth-order valence-electron chi connectivity index (χ4n) is 7.76. The molecule has 0 amide bonds. The summed E-state index contributed by atoms with van der Waals surface area (Å²) < 4.78 is 34.4. The molecule has 0 bridgehead atoms. The van der Waals surface area contributed by atoms with Crippen LogP contribution >= 0.6 is 7.82 Å². The second-order valence-electron chi connectivity index (χ2n) is 19.6. The molecule has 0 aliphatic rings. The Morgan fingerprint density at radius 1 is 0.484 bits per heavy atom. The Morgan fingerprint density at radius 3 is 1.30 bits per heavy atom. The summed E-state index contributed by atoms with van der Waals surface area (Å²) >= 11 is 0. The lowest BCUT2D eigenvalue weighted by Crippen LogP contribution is -2.37. The second kappa shape index (κ2) is 46.6. The summed E-state index contributed by atoms with van der Waals surface area (Å²) in [6, 6.07) is 0. The van der Waals surface area contributed by atoms with Crippen LogP contribution in [0.1, 0.15) is 258 Å². The number of phosphoric ester groups is 1. The average molecular weight is 927 g/mol. The number of rotatable bonds is 50. The summed E-state index contributed by atoms with van der Waals surface area (Å²) in [4.78, 5) is 35.5. The minimum absolute atomic E-state index is 0.0308. The van der Waals surface area contributed by atoms with Crippen molar-refractivity contribution in [3.63, 3.8) is 0 Å². The van der Waals surface area contributed by atoms with E-state index in [1.54, 1.807) is 0 Å². The van der Waals surface area contributed by atoms with Gasteiger partial charge in [-0.25, -0.2) is 4.57 Å². The summed E-state index contributed by atoms with van der Waals surface area (Å²) in [5.41, 5.74) is 0. The molecule has 378 valence electrons. The van der Waals surface area contributed by atoms with Gasteiger partial charge < -0.3 is 18.9 Å². The topological polar surface area (TPSA) is 108 Å². The summed E-state index contributed by atoms with van der Waals surface area (Å²) in [6.07, 6.45) is 54.0. The van der Waals surface area contributed by atoms with E-state index < -0.39 is 26.5 Å². The number of hydrogen-bond donors (Lipinski definition) is 1. The molecule has 0 radical (unpaired) electrons. The van der Waals surface area contributed by atoms with Gasteiger partial charge in [0, 0.05) is 12.8 Å². The molecule has 1 N–H and O–H groups in total. The molecule has 0 aromatic carbocycles. The fourth-order valence-corrected chi connectivity index (χ4v) is 8.50. The Labute approximate surface area is 396 Å². The van der Waals surface area contributed by atoms with Crippen molar-refractivity contribution in [2.24, 2.45) is 0 Å². The minimum atomic E-state index is -4.38. The molecule has 2 unspecified atom stereocenters. The Balaban J connectivity index is 4.06. The van der Waals surface area contributed by atoms with E-state index >= 15 is 0 Å². The van der Waals surface area contributed by atoms with Crippen molar-refractivity contribution in [1.82, 2.24) is 0 Å². The predicted molar refractivity (Wildman–Crippen MR) is 271 cm³/mol. The Bertz CT molecular complexity index is 1140. The first-order chi connectivity index (χ1) is 31.0. The van der Waals surface area contributed by atoms with E-state index in [9.17, 15) is 19.0 Å². The van der Waals surface area contributed by atoms with Crippen molar-refractivity contribution < 1.29 is 42.1 Å². The number of carbonyl (C=O) groups is 2. The highest BCUT2D eigenvalue weighted by molar-refractivity contribution is 7.47. The normalized spacial score (nSPS) is 13.5. The number of phosphoric acid groups is 1. The zero-order valence-electron chi connectivity index (χ0n) is 42.8. The second-order valence-corrected chi connectivity index (χ2v) is 21.1. The molecule has 0 rings (SSSR count). The maximum Gasteiger partial charge on any atom is 0.472 e. The molecular weight excluding hydrogens is 822 g/mol. The van der Waals surface area contributed by atoms with E-state index in [-0.39, 0.29) is 25.6 Å². The highest BCUT2D eigenvalue weighted by atomic mass is 31.2. The third kappa shape index (κ3) is 49.9. The van der Waals surface area contributed by atoms with Gasteiger partial charge in [0.2, 0.25) is 0 Å². The minimum Gasteiger partial charge on any atom is -0.462 e. The molecule has 64 heavy (non-hydrogen) atoms. The van der Waals surface area contributed by atoms with E-state index in [0.717, 1.165) is 64.2 Å². The van der Waals surface area contributed by atoms with Crippen LogP contribution in [0.5, 0.6) is 0 Å². The quantitative estimate of drug-likeness (QED) is 0.0211. The van der Waals surface area contributed by atoms with Gasteiger partial charge in [0.05, 0.1) is 27.7 Å². The van der Waals surface area contributed by atoms with E-state index in [4.69, 9.17) is 18.5 Å². The van der Waals surface area contributed by atoms with E-state index in [0.29, 0.717) is 23.9 Å². The maximum absolute atomic E-state index is 12.7. The number of unbranched alkanes of at least 4 members (excludes halogenated alkanes) is 32. The first-order valence-electron chi connectivity index (χ1n) is 27.1. The van der Waals surface area contributed by atoms with Crippen LogP contribution < -0.4 is 0 Å². The van der Waals surface area contributed by atoms with Crippen LogP contribution in [0.25, 0.3) is 0 Å². The molecule has 0 aliphatic carbocycles. The molecule has 0 fully saturated rings. The molecule has 0 saturated carbocycles. The van der Waals surface area contributed by atoms with Crippen molar-refractivity contribution in [3.05, 3.63) is 24.3 Å². The molecule has 0 aromatic rings. The van der Waals surface area contributed by atoms with Crippen molar-refractivity contribution in [2.75, 3.05) is 47.5 Å². The highest BCUT2D eigenvalue weighted by Gasteiger charge is 2.27. The first-order valence-corrected chi connectivity index (χ1v) is 28.6. The lowest BCUT2D eigenvalue weighted by molar-refractivity contribution is -0.870. The largest absolute Gasteiger partial charge is 0.472 e. The molecule has 9 nitrogen and oxygen atoms in total. The fraction of sp³-hybridized carbons (Fsp3) is 0.889. The van der Waals surface area contributed by atoms with Crippen LogP contribution in [0, 0.1) is 0 Å². The Kier molecular flexibility index (Phi) is 45.5. The van der Waals surface area contributed by atoms with Crippen LogP contribution in [0.4, 0.5) is 0 Å². The summed E-state index contributed by atoms with van der Waals surface area (Å²) in [7, 11) is 1.48. The lowest BCUT2D eigenvalue weighted by atomic mass is 10.0. The van der Waals surface area contributed by atoms with E-state index in [1.807, 2.05) is 21.1 Å². The van der Waals surface area contributed by atoms with Crippen LogP contribution in [0.3, 0.4) is 0 Å². The van der Waals surface area contributed by atoms with Gasteiger partial charge in [0.25, 0.3) is 0 Å². The van der Waals surface area contributed by atoms with Gasteiger partial charge in [-0.1, -0.05) is 231 Å². The number of quaternary nitrogens is 1. The number of esters is 2. The van der Waals surface area contributed by atoms with Gasteiger partial charge in [-0.15, -0.1) is 0 Å². The van der Waals surface area contributed by atoms with Crippen LogP contribution in [-0.4, -0.2) is 74.9 Å². The molecule has 2 atom stereocenters. The van der Waals surface area contributed by atoms with Crippen LogP contribution in [-0.2, 0) is 32.7 Å². The standard InChI is InChI=1S/C54H104NO8P/c1-6-8-10-12-14-16-18-20-21-22-23-24-25-26-27-28-29-30-31-32-33-35-36-38-40-42-44-46-53(56)60-50-52(51-62-64(58,59)61-49-48-55(3,4)5)63-54(57)47-45-43-41-39-37-34-19-17-15-13-11-9-7-2/h11,13,17,19,52H,6-10,12,14-16,18,20-51H2,1-5H3/p+1/b13-11-,19-17-.